The molecule has 2 aliphatic rings. The molecule has 1 unspecified atom stereocenters. The van der Waals surface area contributed by atoms with E-state index in [0.717, 1.165) is 54.9 Å². The van der Waals surface area contributed by atoms with Gasteiger partial charge >= 0.3 is 0 Å². The largest absolute Gasteiger partial charge is 0.338 e. The van der Waals surface area contributed by atoms with Gasteiger partial charge in [-0.3, -0.25) is 14.6 Å². The molecule has 0 radical (unpaired) electrons. The first-order valence-electron chi connectivity index (χ1n) is 9.20. The molecule has 4 heterocycles. The zero-order chi connectivity index (χ0) is 17.5. The van der Waals surface area contributed by atoms with Crippen molar-refractivity contribution in [3.8, 4) is 11.3 Å². The van der Waals surface area contributed by atoms with Gasteiger partial charge in [-0.2, -0.15) is 10.2 Å². The normalized spacial score (nSPS) is 19.1. The van der Waals surface area contributed by atoms with Crippen LogP contribution >= 0.6 is 0 Å². The molecular formula is C20H21N5O. The molecule has 132 valence electrons. The molecule has 2 aromatic heterocycles. The van der Waals surface area contributed by atoms with E-state index >= 15 is 0 Å². The van der Waals surface area contributed by atoms with Crippen LogP contribution in [0.3, 0.4) is 0 Å². The summed E-state index contributed by atoms with van der Waals surface area (Å²) in [4.78, 5) is 15.1. The molecule has 1 aromatic carbocycles. The van der Waals surface area contributed by atoms with Gasteiger partial charge in [0.25, 0.3) is 0 Å². The van der Waals surface area contributed by atoms with Gasteiger partial charge in [0.05, 0.1) is 5.69 Å². The molecule has 26 heavy (non-hydrogen) atoms. The van der Waals surface area contributed by atoms with E-state index in [4.69, 9.17) is 0 Å². The summed E-state index contributed by atoms with van der Waals surface area (Å²) in [6, 6.07) is 12.2. The fourth-order valence-electron chi connectivity index (χ4n) is 4.15. The van der Waals surface area contributed by atoms with Gasteiger partial charge in [-0.15, -0.1) is 0 Å². The molecule has 2 aliphatic heterocycles. The number of nitrogens with one attached hydrogen (secondary N) is 1. The highest BCUT2D eigenvalue weighted by Crippen LogP contribution is 2.30. The Kier molecular flexibility index (Phi) is 3.62. The van der Waals surface area contributed by atoms with Crippen LogP contribution in [0.5, 0.6) is 0 Å². The Morgan fingerprint density at radius 2 is 2.04 bits per heavy atom. The van der Waals surface area contributed by atoms with Crippen LogP contribution in [0.2, 0.25) is 0 Å². The van der Waals surface area contributed by atoms with Gasteiger partial charge in [0.1, 0.15) is 0 Å². The molecule has 6 heteroatoms. The highest BCUT2D eigenvalue weighted by molar-refractivity contribution is 5.80. The van der Waals surface area contributed by atoms with Crippen molar-refractivity contribution in [3.05, 3.63) is 59.5 Å². The maximum Gasteiger partial charge on any atom is 0.226 e. The van der Waals surface area contributed by atoms with Gasteiger partial charge in [-0.25, -0.2) is 0 Å². The molecule has 1 atom stereocenters. The number of nitrogens with zero attached hydrogens (tertiary/aromatic N) is 4. The number of carbonyl (C=O) groups is 1. The van der Waals surface area contributed by atoms with Crippen molar-refractivity contribution in [2.24, 2.45) is 5.92 Å². The van der Waals surface area contributed by atoms with Crippen LogP contribution < -0.4 is 0 Å². The van der Waals surface area contributed by atoms with E-state index in [1.54, 1.807) is 0 Å². The zero-order valence-corrected chi connectivity index (χ0v) is 14.6. The van der Waals surface area contributed by atoms with Gasteiger partial charge in [-0.1, -0.05) is 30.3 Å². The highest BCUT2D eigenvalue weighted by atomic mass is 16.2. The Labute approximate surface area is 151 Å². The highest BCUT2D eigenvalue weighted by Gasteiger charge is 2.32. The summed E-state index contributed by atoms with van der Waals surface area (Å²) in [5.41, 5.74) is 5.56. The minimum atomic E-state index is 0.0628. The minimum Gasteiger partial charge on any atom is -0.338 e. The first kappa shape index (κ1) is 15.4. The van der Waals surface area contributed by atoms with Crippen LogP contribution in [0.25, 0.3) is 11.3 Å². The lowest BCUT2D eigenvalue weighted by molar-refractivity contribution is -0.137. The molecule has 1 N–H and O–H groups in total. The molecule has 5 rings (SSSR count). The maximum atomic E-state index is 13.1. The lowest BCUT2D eigenvalue weighted by Gasteiger charge is -2.32. The summed E-state index contributed by atoms with van der Waals surface area (Å²) < 4.78 is 2.02. The molecule has 3 aromatic rings. The molecule has 0 bridgehead atoms. The summed E-state index contributed by atoms with van der Waals surface area (Å²) in [5, 5.41) is 12.0. The van der Waals surface area contributed by atoms with E-state index in [1.807, 2.05) is 40.0 Å². The van der Waals surface area contributed by atoms with Crippen LogP contribution in [0.1, 0.15) is 23.4 Å². The Hall–Kier alpha value is -2.89. The number of rotatable bonds is 2. The summed E-state index contributed by atoms with van der Waals surface area (Å²) in [6.07, 6.45) is 4.32. The number of aromatic amines is 1. The summed E-state index contributed by atoms with van der Waals surface area (Å²) in [6.45, 7) is 2.24. The number of aryl methyl sites for hydroxylation is 1. The number of aromatic nitrogens is 4. The second kappa shape index (κ2) is 6.12. The predicted octanol–water partition coefficient (Wildman–Crippen LogP) is 2.42. The zero-order valence-electron chi connectivity index (χ0n) is 14.6. The smallest absolute Gasteiger partial charge is 0.226 e. The number of amides is 1. The number of benzene rings is 1. The van der Waals surface area contributed by atoms with E-state index in [9.17, 15) is 4.79 Å². The lowest BCUT2D eigenvalue weighted by atomic mass is 9.93. The first-order chi connectivity index (χ1) is 12.8. The second-order valence-corrected chi connectivity index (χ2v) is 7.14. The average Bonchev–Trinajstić information content (AvgIpc) is 3.33. The van der Waals surface area contributed by atoms with E-state index in [0.29, 0.717) is 6.54 Å². The number of hydrogen-bond donors (Lipinski definition) is 1. The van der Waals surface area contributed by atoms with Crippen LogP contribution in [-0.4, -0.2) is 37.3 Å². The van der Waals surface area contributed by atoms with Crippen molar-refractivity contribution in [2.45, 2.75) is 32.4 Å². The Bertz CT molecular complexity index is 942. The molecular weight excluding hydrogens is 326 g/mol. The van der Waals surface area contributed by atoms with Crippen LogP contribution in [-0.2, 0) is 30.7 Å². The third-order valence-corrected chi connectivity index (χ3v) is 5.59. The molecule has 0 saturated carbocycles. The van der Waals surface area contributed by atoms with E-state index in [2.05, 4.69) is 27.4 Å². The second-order valence-electron chi connectivity index (χ2n) is 7.14. The van der Waals surface area contributed by atoms with Crippen LogP contribution in [0, 0.1) is 5.92 Å². The van der Waals surface area contributed by atoms with Crippen LogP contribution in [0.4, 0.5) is 0 Å². The Morgan fingerprint density at radius 1 is 1.15 bits per heavy atom. The fourth-order valence-corrected chi connectivity index (χ4v) is 4.15. The third kappa shape index (κ3) is 2.53. The fraction of sp³-hybridized carbons (Fsp3) is 0.350. The third-order valence-electron chi connectivity index (χ3n) is 5.59. The predicted molar refractivity (Wildman–Crippen MR) is 97.2 cm³/mol. The molecule has 6 nitrogen and oxygen atoms in total. The molecule has 0 aliphatic carbocycles. The van der Waals surface area contributed by atoms with Gasteiger partial charge in [0.2, 0.25) is 5.91 Å². The van der Waals surface area contributed by atoms with Crippen LogP contribution in [0.15, 0.2) is 42.6 Å². The van der Waals surface area contributed by atoms with Crippen molar-refractivity contribution < 1.29 is 4.79 Å². The molecule has 0 fully saturated rings. The minimum absolute atomic E-state index is 0.0628. The summed E-state index contributed by atoms with van der Waals surface area (Å²) in [5.74, 6) is 0.330. The van der Waals surface area contributed by atoms with Gasteiger partial charge in [0.15, 0.2) is 0 Å². The molecule has 0 saturated heterocycles. The first-order valence-corrected chi connectivity index (χ1v) is 9.20. The summed E-state index contributed by atoms with van der Waals surface area (Å²) in [7, 11) is 0. The van der Waals surface area contributed by atoms with E-state index < -0.39 is 0 Å². The van der Waals surface area contributed by atoms with Crippen molar-refractivity contribution in [1.29, 1.82) is 0 Å². The van der Waals surface area contributed by atoms with Crippen molar-refractivity contribution in [1.82, 2.24) is 24.9 Å². The maximum absolute atomic E-state index is 13.1. The van der Waals surface area contributed by atoms with Gasteiger partial charge in [-0.05, 0) is 12.5 Å². The number of H-pyrrole nitrogens is 1. The summed E-state index contributed by atoms with van der Waals surface area (Å²) >= 11 is 0. The topological polar surface area (TPSA) is 66.8 Å². The Balaban J connectivity index is 1.37. The van der Waals surface area contributed by atoms with Gasteiger partial charge in [0, 0.05) is 67.1 Å². The Morgan fingerprint density at radius 3 is 2.92 bits per heavy atom. The number of carbonyl (C=O) groups excluding carboxylic acids is 1. The van der Waals surface area contributed by atoms with E-state index in [1.165, 1.54) is 5.69 Å². The standard InChI is InChI=1S/C20H21N5O/c26-20(15-7-11-25-16(12-15)6-9-21-25)24-10-8-18-17(13-24)19(23-22-18)14-4-2-1-3-5-14/h1-6,9,15H,7-8,10-13H2,(H,22,23). The van der Waals surface area contributed by atoms with E-state index in [-0.39, 0.29) is 11.8 Å². The monoisotopic (exact) mass is 347 g/mol. The quantitative estimate of drug-likeness (QED) is 0.774. The van der Waals surface area contributed by atoms with Gasteiger partial charge < -0.3 is 4.90 Å². The molecule has 1 amide bonds. The number of hydrogen-bond acceptors (Lipinski definition) is 3. The lowest BCUT2D eigenvalue weighted by Crippen LogP contribution is -2.42. The SMILES string of the molecule is O=C(C1CCn2nccc2C1)N1CCc2[nH]nc(-c3ccccc3)c2C1. The van der Waals surface area contributed by atoms with Crippen molar-refractivity contribution in [3.63, 3.8) is 0 Å². The van der Waals surface area contributed by atoms with Crippen molar-refractivity contribution >= 4 is 5.91 Å². The average molecular weight is 347 g/mol. The number of fused-ring (bicyclic) bond motifs is 2. The van der Waals surface area contributed by atoms with Crippen molar-refractivity contribution in [2.75, 3.05) is 6.54 Å². The molecule has 0 spiro atoms.